The number of hydrogen-bond acceptors (Lipinski definition) is 4. The topological polar surface area (TPSA) is 67.7 Å². The number of rotatable bonds is 7. The molecule has 0 saturated carbocycles. The van der Waals surface area contributed by atoms with Crippen molar-refractivity contribution in [1.82, 2.24) is 9.80 Å². The van der Waals surface area contributed by atoms with E-state index in [4.69, 9.17) is 5.26 Å². The zero-order chi connectivity index (χ0) is 18.1. The van der Waals surface area contributed by atoms with Crippen molar-refractivity contribution in [2.75, 3.05) is 44.2 Å². The molecule has 134 valence electrons. The van der Waals surface area contributed by atoms with E-state index in [2.05, 4.69) is 17.9 Å². The molecule has 2 amide bonds. The lowest BCUT2D eigenvalue weighted by Gasteiger charge is -2.34. The van der Waals surface area contributed by atoms with Crippen LogP contribution in [0, 0.1) is 11.3 Å². The maximum Gasteiger partial charge on any atom is 0.227 e. The van der Waals surface area contributed by atoms with E-state index in [0.29, 0.717) is 6.54 Å². The lowest BCUT2D eigenvalue weighted by molar-refractivity contribution is -0.134. The van der Waals surface area contributed by atoms with Crippen molar-refractivity contribution >= 4 is 17.5 Å². The fraction of sp³-hybridized carbons (Fsp3) is 0.526. The van der Waals surface area contributed by atoms with Crippen LogP contribution < -0.4 is 4.90 Å². The highest BCUT2D eigenvalue weighted by atomic mass is 16.2. The number of para-hydroxylation sites is 1. The Balaban J connectivity index is 1.88. The molecule has 1 aliphatic rings. The van der Waals surface area contributed by atoms with Crippen LogP contribution in [-0.2, 0) is 9.59 Å². The number of carbonyl (C=O) groups excluding carboxylic acids is 2. The predicted molar refractivity (Wildman–Crippen MR) is 97.0 cm³/mol. The molecule has 25 heavy (non-hydrogen) atoms. The zero-order valence-electron chi connectivity index (χ0n) is 14.9. The van der Waals surface area contributed by atoms with Crippen LogP contribution in [-0.4, -0.2) is 60.9 Å². The second kappa shape index (κ2) is 9.80. The number of nitrogens with zero attached hydrogens (tertiary/aromatic N) is 4. The lowest BCUT2D eigenvalue weighted by atomic mass is 10.2. The Bertz CT molecular complexity index is 604. The number of benzene rings is 1. The smallest absolute Gasteiger partial charge is 0.227 e. The molecule has 0 N–H and O–H groups in total. The molecule has 0 unspecified atom stereocenters. The third-order valence-corrected chi connectivity index (χ3v) is 4.54. The second-order valence-corrected chi connectivity index (χ2v) is 6.10. The van der Waals surface area contributed by atoms with Crippen LogP contribution in [0.4, 0.5) is 5.69 Å². The van der Waals surface area contributed by atoms with E-state index in [0.717, 1.165) is 38.4 Å². The van der Waals surface area contributed by atoms with E-state index in [1.165, 1.54) is 0 Å². The highest BCUT2D eigenvalue weighted by Crippen LogP contribution is 2.16. The summed E-state index contributed by atoms with van der Waals surface area (Å²) in [5, 5.41) is 8.82. The summed E-state index contributed by atoms with van der Waals surface area (Å²) < 4.78 is 0. The highest BCUT2D eigenvalue weighted by Gasteiger charge is 2.22. The summed E-state index contributed by atoms with van der Waals surface area (Å²) in [4.78, 5) is 30.7. The first-order valence-electron chi connectivity index (χ1n) is 8.88. The molecule has 0 bridgehead atoms. The summed E-state index contributed by atoms with van der Waals surface area (Å²) >= 11 is 0. The summed E-state index contributed by atoms with van der Waals surface area (Å²) in [7, 11) is 0. The van der Waals surface area contributed by atoms with E-state index in [-0.39, 0.29) is 31.1 Å². The number of hydrogen-bond donors (Lipinski definition) is 0. The molecule has 1 saturated heterocycles. The Morgan fingerprint density at radius 1 is 1.12 bits per heavy atom. The largest absolute Gasteiger partial charge is 0.340 e. The van der Waals surface area contributed by atoms with Gasteiger partial charge in [-0.3, -0.25) is 9.59 Å². The van der Waals surface area contributed by atoms with Gasteiger partial charge in [-0.25, -0.2) is 0 Å². The van der Waals surface area contributed by atoms with Crippen molar-refractivity contribution in [3.63, 3.8) is 0 Å². The van der Waals surface area contributed by atoms with Crippen LogP contribution in [0.2, 0.25) is 0 Å². The maximum atomic E-state index is 12.6. The first-order valence-corrected chi connectivity index (χ1v) is 8.88. The molecule has 0 aliphatic carbocycles. The van der Waals surface area contributed by atoms with Gasteiger partial charge in [-0.05, 0) is 18.7 Å². The van der Waals surface area contributed by atoms with Gasteiger partial charge in [0, 0.05) is 51.3 Å². The lowest BCUT2D eigenvalue weighted by Crippen LogP contribution is -2.48. The van der Waals surface area contributed by atoms with Crippen molar-refractivity contribution < 1.29 is 9.59 Å². The number of nitriles is 1. The first-order chi connectivity index (χ1) is 12.2. The number of carbonyl (C=O) groups is 2. The van der Waals surface area contributed by atoms with Gasteiger partial charge in [0.15, 0.2) is 0 Å². The van der Waals surface area contributed by atoms with Crippen LogP contribution in [0.3, 0.4) is 0 Å². The van der Waals surface area contributed by atoms with Gasteiger partial charge in [0.05, 0.1) is 12.5 Å². The average molecular weight is 342 g/mol. The standard InChI is InChI=1S/C19H26N4O2/c1-2-21-13-15-22(16-14-21)18(24)9-10-19(25)23(12-6-11-20)17-7-4-3-5-8-17/h3-5,7-8H,2,6,9-10,12-16H2,1H3. The van der Waals surface area contributed by atoms with E-state index in [1.54, 1.807) is 4.90 Å². The molecule has 1 aromatic carbocycles. The normalized spacial score (nSPS) is 14.8. The van der Waals surface area contributed by atoms with Crippen molar-refractivity contribution in [1.29, 1.82) is 5.26 Å². The summed E-state index contributed by atoms with van der Waals surface area (Å²) in [5.41, 5.74) is 0.770. The van der Waals surface area contributed by atoms with Crippen LogP contribution >= 0.6 is 0 Å². The molecule has 0 aromatic heterocycles. The monoisotopic (exact) mass is 342 g/mol. The molecule has 0 spiro atoms. The van der Waals surface area contributed by atoms with Crippen molar-refractivity contribution in [3.8, 4) is 6.07 Å². The number of likely N-dealkylation sites (N-methyl/N-ethyl adjacent to an activating group) is 1. The summed E-state index contributed by atoms with van der Waals surface area (Å²) in [5.74, 6) is -0.0700. The highest BCUT2D eigenvalue weighted by molar-refractivity contribution is 5.95. The van der Waals surface area contributed by atoms with Gasteiger partial charge < -0.3 is 14.7 Å². The van der Waals surface area contributed by atoms with E-state index < -0.39 is 0 Å². The Morgan fingerprint density at radius 2 is 1.80 bits per heavy atom. The minimum absolute atomic E-state index is 0.0393. The third-order valence-electron chi connectivity index (χ3n) is 4.54. The second-order valence-electron chi connectivity index (χ2n) is 6.10. The van der Waals surface area contributed by atoms with Crippen LogP contribution in [0.15, 0.2) is 30.3 Å². The Hall–Kier alpha value is -2.39. The minimum Gasteiger partial charge on any atom is -0.340 e. The Labute approximate surface area is 149 Å². The Morgan fingerprint density at radius 3 is 2.40 bits per heavy atom. The first kappa shape index (κ1) is 18.9. The van der Waals surface area contributed by atoms with Gasteiger partial charge in [-0.2, -0.15) is 5.26 Å². The average Bonchev–Trinajstić information content (AvgIpc) is 2.67. The quantitative estimate of drug-likeness (QED) is 0.759. The molecule has 6 heteroatoms. The maximum absolute atomic E-state index is 12.6. The number of piperazine rings is 1. The summed E-state index contributed by atoms with van der Waals surface area (Å²) in [6, 6.07) is 11.4. The molecule has 1 heterocycles. The molecule has 6 nitrogen and oxygen atoms in total. The predicted octanol–water partition coefficient (Wildman–Crippen LogP) is 1.88. The van der Waals surface area contributed by atoms with Gasteiger partial charge >= 0.3 is 0 Å². The fourth-order valence-electron chi connectivity index (χ4n) is 2.99. The summed E-state index contributed by atoms with van der Waals surface area (Å²) in [6.45, 7) is 6.74. The van der Waals surface area contributed by atoms with Crippen LogP contribution in [0.5, 0.6) is 0 Å². The number of anilines is 1. The van der Waals surface area contributed by atoms with Crippen LogP contribution in [0.1, 0.15) is 26.2 Å². The summed E-state index contributed by atoms with van der Waals surface area (Å²) in [6.07, 6.45) is 0.668. The molecule has 1 fully saturated rings. The minimum atomic E-state index is -0.109. The van der Waals surface area contributed by atoms with Gasteiger partial charge in [0.1, 0.15) is 0 Å². The van der Waals surface area contributed by atoms with E-state index in [1.807, 2.05) is 35.2 Å². The van der Waals surface area contributed by atoms with Gasteiger partial charge in [0.2, 0.25) is 11.8 Å². The van der Waals surface area contributed by atoms with E-state index >= 15 is 0 Å². The molecule has 2 rings (SSSR count). The van der Waals surface area contributed by atoms with Gasteiger partial charge in [0.25, 0.3) is 0 Å². The number of amides is 2. The SMILES string of the molecule is CCN1CCN(C(=O)CCC(=O)N(CCC#N)c2ccccc2)CC1. The van der Waals surface area contributed by atoms with Crippen molar-refractivity contribution in [2.24, 2.45) is 0 Å². The van der Waals surface area contributed by atoms with E-state index in [9.17, 15) is 9.59 Å². The van der Waals surface area contributed by atoms with Crippen molar-refractivity contribution in [2.45, 2.75) is 26.2 Å². The van der Waals surface area contributed by atoms with Crippen molar-refractivity contribution in [3.05, 3.63) is 30.3 Å². The van der Waals surface area contributed by atoms with Gasteiger partial charge in [-0.15, -0.1) is 0 Å². The Kier molecular flexibility index (Phi) is 7.42. The molecule has 0 radical (unpaired) electrons. The third kappa shape index (κ3) is 5.57. The molecule has 1 aliphatic heterocycles. The molecule has 0 atom stereocenters. The zero-order valence-corrected chi connectivity index (χ0v) is 14.9. The molecule has 1 aromatic rings. The molecular formula is C19H26N4O2. The molecular weight excluding hydrogens is 316 g/mol. The van der Waals surface area contributed by atoms with Gasteiger partial charge in [-0.1, -0.05) is 25.1 Å². The van der Waals surface area contributed by atoms with Crippen LogP contribution in [0.25, 0.3) is 0 Å². The fourth-order valence-corrected chi connectivity index (χ4v) is 2.99.